The molecule has 7 heteroatoms. The number of nitrogens with zero attached hydrogens (tertiary/aromatic N) is 2. The van der Waals surface area contributed by atoms with Crippen LogP contribution in [0.15, 0.2) is 84.4 Å². The monoisotopic (exact) mass is 444 g/mol. The van der Waals surface area contributed by atoms with Gasteiger partial charge in [0.25, 0.3) is 5.91 Å². The van der Waals surface area contributed by atoms with Gasteiger partial charge in [0.15, 0.2) is 0 Å². The Balaban J connectivity index is 1.46. The fourth-order valence-corrected chi connectivity index (χ4v) is 3.99. The summed E-state index contributed by atoms with van der Waals surface area (Å²) in [6.07, 6.45) is 1.96. The highest BCUT2D eigenvalue weighted by Gasteiger charge is 2.18. The zero-order valence-corrected chi connectivity index (χ0v) is 18.5. The van der Waals surface area contributed by atoms with Gasteiger partial charge in [0, 0.05) is 23.9 Å². The zero-order chi connectivity index (χ0) is 22.3. The second-order valence-corrected chi connectivity index (χ2v) is 8.39. The van der Waals surface area contributed by atoms with E-state index in [2.05, 4.69) is 22.8 Å². The van der Waals surface area contributed by atoms with Crippen molar-refractivity contribution >= 4 is 23.2 Å². The van der Waals surface area contributed by atoms with Crippen LogP contribution in [0.2, 0.25) is 0 Å². The van der Waals surface area contributed by atoms with Crippen molar-refractivity contribution in [1.82, 2.24) is 20.4 Å². The van der Waals surface area contributed by atoms with E-state index < -0.39 is 6.04 Å². The van der Waals surface area contributed by atoms with E-state index in [-0.39, 0.29) is 11.8 Å². The van der Waals surface area contributed by atoms with Crippen molar-refractivity contribution < 1.29 is 9.59 Å². The van der Waals surface area contributed by atoms with E-state index >= 15 is 0 Å². The number of rotatable bonds is 8. The number of nitrogens with one attached hydrogen (secondary N) is 2. The van der Waals surface area contributed by atoms with Gasteiger partial charge in [-0.1, -0.05) is 66.7 Å². The van der Waals surface area contributed by atoms with E-state index in [1.54, 1.807) is 13.0 Å². The first kappa shape index (κ1) is 21.5. The molecule has 0 spiro atoms. The van der Waals surface area contributed by atoms with E-state index in [9.17, 15) is 9.59 Å². The van der Waals surface area contributed by atoms with Crippen LogP contribution < -0.4 is 10.6 Å². The van der Waals surface area contributed by atoms with Gasteiger partial charge in [-0.2, -0.15) is 5.10 Å². The van der Waals surface area contributed by atoms with E-state index in [0.717, 1.165) is 22.4 Å². The number of amides is 2. The Bertz CT molecular complexity index is 1170. The third-order valence-corrected chi connectivity index (χ3v) is 5.88. The number of carbonyl (C=O) groups is 2. The number of carbonyl (C=O) groups excluding carboxylic acids is 2. The van der Waals surface area contributed by atoms with E-state index in [1.807, 2.05) is 70.9 Å². The minimum Gasteiger partial charge on any atom is -0.350 e. The van der Waals surface area contributed by atoms with Crippen LogP contribution >= 0.6 is 11.3 Å². The minimum atomic E-state index is -0.649. The van der Waals surface area contributed by atoms with Gasteiger partial charge in [0.2, 0.25) is 5.91 Å². The van der Waals surface area contributed by atoms with Gasteiger partial charge in [-0.15, -0.1) is 11.3 Å². The molecule has 0 aliphatic carbocycles. The van der Waals surface area contributed by atoms with Crippen LogP contribution in [0.5, 0.6) is 0 Å². The van der Waals surface area contributed by atoms with Crippen molar-refractivity contribution in [3.05, 3.63) is 100 Å². The average Bonchev–Trinajstić information content (AvgIpc) is 3.49. The van der Waals surface area contributed by atoms with Gasteiger partial charge in [-0.25, -0.2) is 0 Å². The summed E-state index contributed by atoms with van der Waals surface area (Å²) in [5.41, 5.74) is 3.88. The maximum Gasteiger partial charge on any atom is 0.261 e. The highest BCUT2D eigenvalue weighted by molar-refractivity contribution is 7.12. The summed E-state index contributed by atoms with van der Waals surface area (Å²) in [5, 5.41) is 12.3. The molecule has 0 radical (unpaired) electrons. The van der Waals surface area contributed by atoms with Gasteiger partial charge in [0.05, 0.1) is 17.1 Å². The van der Waals surface area contributed by atoms with Crippen molar-refractivity contribution in [2.24, 2.45) is 0 Å². The molecule has 1 unspecified atom stereocenters. The summed E-state index contributed by atoms with van der Waals surface area (Å²) in [6.45, 7) is 2.64. The quantitative estimate of drug-likeness (QED) is 0.430. The predicted octanol–water partition coefficient (Wildman–Crippen LogP) is 4.09. The standard InChI is InChI=1S/C25H24N4O2S/c1-18(27-25(31)22-13-8-14-32-22)24(30)26-15-21-17-29(16-19-9-4-2-5-10-19)28-23(21)20-11-6-3-7-12-20/h2-14,17-18H,15-16H2,1H3,(H,26,30)(H,27,31). The smallest absolute Gasteiger partial charge is 0.261 e. The first-order valence-corrected chi connectivity index (χ1v) is 11.3. The zero-order valence-electron chi connectivity index (χ0n) is 17.7. The summed E-state index contributed by atoms with van der Waals surface area (Å²) < 4.78 is 1.89. The summed E-state index contributed by atoms with van der Waals surface area (Å²) in [4.78, 5) is 25.4. The number of hydrogen-bond donors (Lipinski definition) is 2. The summed E-state index contributed by atoms with van der Waals surface area (Å²) >= 11 is 1.34. The van der Waals surface area contributed by atoms with Crippen molar-refractivity contribution in [2.45, 2.75) is 26.1 Å². The molecule has 2 N–H and O–H groups in total. The number of aromatic nitrogens is 2. The number of hydrogen-bond acceptors (Lipinski definition) is 4. The van der Waals surface area contributed by atoms with Crippen LogP contribution in [-0.4, -0.2) is 27.6 Å². The van der Waals surface area contributed by atoms with Crippen molar-refractivity contribution in [3.8, 4) is 11.3 Å². The van der Waals surface area contributed by atoms with Gasteiger partial charge in [-0.05, 0) is 23.9 Å². The molecule has 2 amide bonds. The topological polar surface area (TPSA) is 76.0 Å². The third kappa shape index (κ3) is 5.31. The fraction of sp³-hybridized carbons (Fsp3) is 0.160. The highest BCUT2D eigenvalue weighted by Crippen LogP contribution is 2.22. The third-order valence-electron chi connectivity index (χ3n) is 5.01. The van der Waals surface area contributed by atoms with Crippen LogP contribution in [0, 0.1) is 0 Å². The first-order valence-electron chi connectivity index (χ1n) is 10.4. The number of benzene rings is 2. The van der Waals surface area contributed by atoms with Crippen LogP contribution in [0.4, 0.5) is 0 Å². The molecule has 2 aromatic heterocycles. The van der Waals surface area contributed by atoms with Crippen LogP contribution in [0.1, 0.15) is 27.7 Å². The summed E-state index contributed by atoms with van der Waals surface area (Å²) in [5.74, 6) is -0.493. The van der Waals surface area contributed by atoms with Gasteiger partial charge < -0.3 is 10.6 Å². The first-order chi connectivity index (χ1) is 15.6. The molecule has 2 aromatic carbocycles. The van der Waals surface area contributed by atoms with E-state index in [4.69, 9.17) is 5.10 Å². The molecule has 0 saturated carbocycles. The largest absolute Gasteiger partial charge is 0.350 e. The van der Waals surface area contributed by atoms with Crippen molar-refractivity contribution in [2.75, 3.05) is 0 Å². The Kier molecular flexibility index (Phi) is 6.77. The van der Waals surface area contributed by atoms with Crippen LogP contribution in [0.25, 0.3) is 11.3 Å². The Labute approximate surface area is 190 Å². The normalized spacial score (nSPS) is 11.7. The molecular formula is C25H24N4O2S. The molecule has 1 atom stereocenters. The Morgan fingerprint density at radius 2 is 1.72 bits per heavy atom. The van der Waals surface area contributed by atoms with Crippen molar-refractivity contribution in [3.63, 3.8) is 0 Å². The fourth-order valence-electron chi connectivity index (χ4n) is 3.36. The Morgan fingerprint density at radius 1 is 1.00 bits per heavy atom. The predicted molar refractivity (Wildman–Crippen MR) is 126 cm³/mol. The molecule has 2 heterocycles. The lowest BCUT2D eigenvalue weighted by Crippen LogP contribution is -2.44. The maximum absolute atomic E-state index is 12.6. The molecule has 0 aliphatic heterocycles. The summed E-state index contributed by atoms with van der Waals surface area (Å²) in [7, 11) is 0. The Hall–Kier alpha value is -3.71. The summed E-state index contributed by atoms with van der Waals surface area (Å²) in [6, 6.07) is 22.9. The molecule has 4 aromatic rings. The lowest BCUT2D eigenvalue weighted by molar-refractivity contribution is -0.122. The lowest BCUT2D eigenvalue weighted by atomic mass is 10.1. The Morgan fingerprint density at radius 3 is 2.41 bits per heavy atom. The van der Waals surface area contributed by atoms with Gasteiger partial charge >= 0.3 is 0 Å². The lowest BCUT2D eigenvalue weighted by Gasteiger charge is -2.13. The SMILES string of the molecule is CC(NC(=O)c1cccs1)C(=O)NCc1cn(Cc2ccccc2)nc1-c1ccccc1. The average molecular weight is 445 g/mol. The molecule has 32 heavy (non-hydrogen) atoms. The second-order valence-electron chi connectivity index (χ2n) is 7.44. The second kappa shape index (κ2) is 10.1. The molecule has 0 bridgehead atoms. The van der Waals surface area contributed by atoms with Crippen LogP contribution in [-0.2, 0) is 17.9 Å². The maximum atomic E-state index is 12.6. The molecule has 0 saturated heterocycles. The van der Waals surface area contributed by atoms with E-state index in [0.29, 0.717) is 18.0 Å². The molecule has 0 aliphatic rings. The number of thiophene rings is 1. The molecule has 4 rings (SSSR count). The molecule has 162 valence electrons. The molecule has 0 fully saturated rings. The van der Waals surface area contributed by atoms with Crippen LogP contribution in [0.3, 0.4) is 0 Å². The van der Waals surface area contributed by atoms with Gasteiger partial charge in [0.1, 0.15) is 6.04 Å². The van der Waals surface area contributed by atoms with E-state index in [1.165, 1.54) is 11.3 Å². The highest BCUT2D eigenvalue weighted by atomic mass is 32.1. The van der Waals surface area contributed by atoms with Crippen molar-refractivity contribution in [1.29, 1.82) is 0 Å². The minimum absolute atomic E-state index is 0.246. The van der Waals surface area contributed by atoms with Gasteiger partial charge in [-0.3, -0.25) is 14.3 Å². The molecular weight excluding hydrogens is 420 g/mol. The molecule has 6 nitrogen and oxygen atoms in total.